The lowest BCUT2D eigenvalue weighted by atomic mass is 9.85. The highest BCUT2D eigenvalue weighted by molar-refractivity contribution is 7.89. The van der Waals surface area contributed by atoms with Crippen molar-refractivity contribution in [1.29, 1.82) is 0 Å². The Labute approximate surface area is 240 Å². The molecule has 0 aromatic heterocycles. The fourth-order valence-electron chi connectivity index (χ4n) is 5.05. The molecule has 0 aliphatic heterocycles. The molecule has 1 fully saturated rings. The van der Waals surface area contributed by atoms with E-state index >= 15 is 0 Å². The van der Waals surface area contributed by atoms with Crippen LogP contribution in [-0.2, 0) is 26.0 Å². The highest BCUT2D eigenvalue weighted by Gasteiger charge is 2.29. The topological polar surface area (TPSA) is 125 Å². The van der Waals surface area contributed by atoms with Crippen molar-refractivity contribution in [2.75, 3.05) is 13.1 Å². The van der Waals surface area contributed by atoms with Gasteiger partial charge in [0.2, 0.25) is 15.9 Å². The monoisotopic (exact) mass is 581 g/mol. The van der Waals surface area contributed by atoms with E-state index in [2.05, 4.69) is 15.4 Å². The minimum atomic E-state index is -3.71. The van der Waals surface area contributed by atoms with Crippen molar-refractivity contribution in [1.82, 2.24) is 15.4 Å². The van der Waals surface area contributed by atoms with Crippen molar-refractivity contribution >= 4 is 21.9 Å². The fraction of sp³-hybridized carbons (Fsp3) is 0.355. The maximum atomic E-state index is 13.2. The lowest BCUT2D eigenvalue weighted by molar-refractivity contribution is -0.136. The second-order valence-electron chi connectivity index (χ2n) is 10.5. The zero-order chi connectivity index (χ0) is 29.4. The summed E-state index contributed by atoms with van der Waals surface area (Å²) in [5.74, 6) is -1.47. The Kier molecular flexibility index (Phi) is 10.3. The first-order chi connectivity index (χ1) is 19.6. The number of amides is 1. The Hall–Kier alpha value is -3.60. The van der Waals surface area contributed by atoms with Gasteiger partial charge in [-0.1, -0.05) is 48.5 Å². The van der Waals surface area contributed by atoms with Crippen LogP contribution in [0.4, 0.5) is 4.39 Å². The van der Waals surface area contributed by atoms with E-state index in [4.69, 9.17) is 5.11 Å². The molecular formula is C31H36FN3O5S. The van der Waals surface area contributed by atoms with Crippen LogP contribution in [0.15, 0.2) is 77.7 Å². The zero-order valence-corrected chi connectivity index (χ0v) is 23.8. The Bertz CT molecular complexity index is 1420. The minimum absolute atomic E-state index is 0.0680. The normalized spacial score (nSPS) is 18.0. The molecule has 4 N–H and O–H groups in total. The van der Waals surface area contributed by atoms with Crippen molar-refractivity contribution < 1.29 is 27.5 Å². The summed E-state index contributed by atoms with van der Waals surface area (Å²) in [5, 5.41) is 14.5. The lowest BCUT2D eigenvalue weighted by Gasteiger charge is -2.29. The molecule has 0 unspecified atom stereocenters. The Morgan fingerprint density at radius 3 is 2.07 bits per heavy atom. The third-order valence-corrected chi connectivity index (χ3v) is 9.00. The van der Waals surface area contributed by atoms with Gasteiger partial charge >= 0.3 is 5.97 Å². The number of sulfonamides is 1. The standard InChI is InChI=1S/C31H36FN3O5S/c1-21(23-6-12-27(32)13-7-23)34-31(38)26-8-14-28(15-9-26)35-41(39,40)29-16-10-25(11-17-29)24-4-2-22(3-5-24)18-19-33-20-30(36)37/h2-7,10-13,16-17,21,26,28,33,35H,8-9,14-15,18-20H2,1H3,(H,34,38)(H,36,37)/t21-,26-,28-/m1/s1. The van der Waals surface area contributed by atoms with E-state index in [0.717, 1.165) is 22.3 Å². The van der Waals surface area contributed by atoms with Crippen molar-refractivity contribution in [3.05, 3.63) is 89.7 Å². The van der Waals surface area contributed by atoms with Crippen molar-refractivity contribution in [2.45, 2.75) is 56.0 Å². The van der Waals surface area contributed by atoms with Gasteiger partial charge in [0.05, 0.1) is 17.5 Å². The molecule has 0 spiro atoms. The molecule has 218 valence electrons. The quantitative estimate of drug-likeness (QED) is 0.235. The van der Waals surface area contributed by atoms with Crippen LogP contribution < -0.4 is 15.4 Å². The number of benzene rings is 3. The predicted octanol–water partition coefficient (Wildman–Crippen LogP) is 4.42. The Morgan fingerprint density at radius 1 is 0.902 bits per heavy atom. The van der Waals surface area contributed by atoms with Gasteiger partial charge < -0.3 is 15.7 Å². The first-order valence-corrected chi connectivity index (χ1v) is 15.3. The third kappa shape index (κ3) is 8.69. The summed E-state index contributed by atoms with van der Waals surface area (Å²) in [5.41, 5.74) is 3.74. The van der Waals surface area contributed by atoms with Gasteiger partial charge in [0, 0.05) is 12.0 Å². The predicted molar refractivity (Wildman–Crippen MR) is 155 cm³/mol. The van der Waals surface area contributed by atoms with Crippen LogP contribution >= 0.6 is 0 Å². The molecule has 10 heteroatoms. The van der Waals surface area contributed by atoms with Crippen LogP contribution in [0.3, 0.4) is 0 Å². The van der Waals surface area contributed by atoms with Gasteiger partial charge in [-0.25, -0.2) is 17.5 Å². The first kappa shape index (κ1) is 30.4. The van der Waals surface area contributed by atoms with Gasteiger partial charge in [-0.3, -0.25) is 9.59 Å². The zero-order valence-electron chi connectivity index (χ0n) is 23.0. The molecule has 0 radical (unpaired) electrons. The molecule has 8 nitrogen and oxygen atoms in total. The van der Waals surface area contributed by atoms with E-state index < -0.39 is 16.0 Å². The van der Waals surface area contributed by atoms with Crippen molar-refractivity contribution in [3.63, 3.8) is 0 Å². The van der Waals surface area contributed by atoms with E-state index in [-0.39, 0.29) is 41.2 Å². The Morgan fingerprint density at radius 2 is 1.49 bits per heavy atom. The molecule has 0 bridgehead atoms. The van der Waals surface area contributed by atoms with Gasteiger partial charge in [-0.2, -0.15) is 0 Å². The summed E-state index contributed by atoms with van der Waals surface area (Å²) in [4.78, 5) is 23.5. The van der Waals surface area contributed by atoms with Crippen molar-refractivity contribution in [2.24, 2.45) is 5.92 Å². The van der Waals surface area contributed by atoms with Crippen LogP contribution in [0.25, 0.3) is 11.1 Å². The van der Waals surface area contributed by atoms with Gasteiger partial charge in [-0.05, 0) is 92.1 Å². The smallest absolute Gasteiger partial charge is 0.317 e. The number of carbonyl (C=O) groups is 2. The average Bonchev–Trinajstić information content (AvgIpc) is 2.96. The molecular weight excluding hydrogens is 545 g/mol. The first-order valence-electron chi connectivity index (χ1n) is 13.8. The van der Waals surface area contributed by atoms with E-state index in [9.17, 15) is 22.4 Å². The molecule has 41 heavy (non-hydrogen) atoms. The molecule has 0 heterocycles. The second kappa shape index (κ2) is 13.8. The summed E-state index contributed by atoms with van der Waals surface area (Å²) in [6.45, 7) is 2.35. The van der Waals surface area contributed by atoms with E-state index in [1.54, 1.807) is 36.4 Å². The van der Waals surface area contributed by atoms with Crippen LogP contribution in [0.2, 0.25) is 0 Å². The molecule has 3 aromatic rings. The molecule has 1 saturated carbocycles. The molecule has 3 aromatic carbocycles. The molecule has 0 saturated heterocycles. The minimum Gasteiger partial charge on any atom is -0.480 e. The lowest BCUT2D eigenvalue weighted by Crippen LogP contribution is -2.41. The Balaban J connectivity index is 1.26. The third-order valence-electron chi connectivity index (χ3n) is 7.47. The number of hydrogen-bond acceptors (Lipinski definition) is 5. The number of aliphatic carboxylic acids is 1. The summed E-state index contributed by atoms with van der Waals surface area (Å²) < 4.78 is 42.1. The van der Waals surface area contributed by atoms with Gasteiger partial charge in [0.15, 0.2) is 0 Å². The van der Waals surface area contributed by atoms with Gasteiger partial charge in [0.1, 0.15) is 5.82 Å². The van der Waals surface area contributed by atoms with Crippen LogP contribution in [0.1, 0.15) is 49.8 Å². The molecule has 1 amide bonds. The second-order valence-corrected chi connectivity index (χ2v) is 12.2. The molecule has 4 rings (SSSR count). The number of halogens is 1. The summed E-state index contributed by atoms with van der Waals surface area (Å²) >= 11 is 0. The highest BCUT2D eigenvalue weighted by atomic mass is 32.2. The molecule has 1 aliphatic carbocycles. The van der Waals surface area contributed by atoms with Crippen LogP contribution in [0.5, 0.6) is 0 Å². The summed E-state index contributed by atoms with van der Waals surface area (Å²) in [6, 6.07) is 20.2. The van der Waals surface area contributed by atoms with Crippen LogP contribution in [-0.4, -0.2) is 44.5 Å². The van der Waals surface area contributed by atoms with E-state index in [1.165, 1.54) is 12.1 Å². The summed E-state index contributed by atoms with van der Waals surface area (Å²) in [7, 11) is -3.71. The SMILES string of the molecule is C[C@@H](NC(=O)[C@H]1CC[C@H](NS(=O)(=O)c2ccc(-c3ccc(CCNCC(=O)O)cc3)cc2)CC1)c1ccc(F)cc1. The number of carbonyl (C=O) groups excluding carboxylic acids is 1. The fourth-order valence-corrected chi connectivity index (χ4v) is 6.35. The van der Waals surface area contributed by atoms with E-state index in [0.29, 0.717) is 38.6 Å². The number of carboxylic acid groups (broad SMARTS) is 1. The van der Waals surface area contributed by atoms with Crippen LogP contribution in [0, 0.1) is 11.7 Å². The molecule has 1 atom stereocenters. The maximum Gasteiger partial charge on any atom is 0.317 e. The van der Waals surface area contributed by atoms with Gasteiger partial charge in [-0.15, -0.1) is 0 Å². The largest absolute Gasteiger partial charge is 0.480 e. The number of rotatable bonds is 12. The number of carboxylic acids is 1. The average molecular weight is 582 g/mol. The molecule has 1 aliphatic rings. The maximum absolute atomic E-state index is 13.2. The van der Waals surface area contributed by atoms with Crippen molar-refractivity contribution in [3.8, 4) is 11.1 Å². The number of nitrogens with one attached hydrogen (secondary N) is 3. The summed E-state index contributed by atoms with van der Waals surface area (Å²) in [6.07, 6.45) is 3.01. The van der Waals surface area contributed by atoms with E-state index in [1.807, 2.05) is 31.2 Å². The van der Waals surface area contributed by atoms with Gasteiger partial charge in [0.25, 0.3) is 0 Å². The number of hydrogen-bond donors (Lipinski definition) is 4. The highest BCUT2D eigenvalue weighted by Crippen LogP contribution is 2.27.